The summed E-state index contributed by atoms with van der Waals surface area (Å²) < 4.78 is 32.1. The highest BCUT2D eigenvalue weighted by Gasteiger charge is 2.73. The smallest absolute Gasteiger partial charge is 0.151 e. The van der Waals surface area contributed by atoms with Crippen molar-refractivity contribution in [2.45, 2.75) is 256 Å². The predicted octanol–water partition coefficient (Wildman–Crippen LogP) is 19.3. The van der Waals surface area contributed by atoms with Crippen LogP contribution in [0.3, 0.4) is 0 Å². The van der Waals surface area contributed by atoms with Gasteiger partial charge in [0.05, 0.1) is 21.7 Å². The van der Waals surface area contributed by atoms with Crippen molar-refractivity contribution >= 4 is 11.6 Å². The number of carbonyl (C=O) groups is 2. The summed E-state index contributed by atoms with van der Waals surface area (Å²) in [4.78, 5) is 27.4. The lowest BCUT2D eigenvalue weighted by Gasteiger charge is -2.61. The molecule has 10 rings (SSSR count). The van der Waals surface area contributed by atoms with Crippen LogP contribution in [0, 0.1) is 21.7 Å². The van der Waals surface area contributed by atoms with Crippen molar-refractivity contribution in [2.75, 3.05) is 0 Å². The third-order valence-electron chi connectivity index (χ3n) is 20.8. The van der Waals surface area contributed by atoms with E-state index in [-0.39, 0.29) is 11.6 Å². The van der Waals surface area contributed by atoms with Gasteiger partial charge in [0.15, 0.2) is 11.6 Å². The zero-order valence-corrected chi connectivity index (χ0v) is 46.5. The van der Waals surface area contributed by atoms with Gasteiger partial charge in [0.2, 0.25) is 0 Å². The van der Waals surface area contributed by atoms with Crippen LogP contribution in [0.4, 0.5) is 8.78 Å². The molecule has 0 bridgehead atoms. The maximum Gasteiger partial charge on any atom is 0.151 e. The van der Waals surface area contributed by atoms with Gasteiger partial charge in [-0.1, -0.05) is 163 Å². The summed E-state index contributed by atoms with van der Waals surface area (Å²) in [6, 6.07) is 36.5. The third-order valence-corrected chi connectivity index (χ3v) is 20.8. The molecule has 6 fully saturated rings. The van der Waals surface area contributed by atoms with Crippen LogP contribution in [0.1, 0.15) is 263 Å². The van der Waals surface area contributed by atoms with Crippen LogP contribution in [0.25, 0.3) is 0 Å². The van der Waals surface area contributed by atoms with E-state index in [2.05, 4.69) is 125 Å². The van der Waals surface area contributed by atoms with E-state index in [0.717, 1.165) is 128 Å². The van der Waals surface area contributed by atoms with Crippen LogP contribution in [0.15, 0.2) is 97.1 Å². The fourth-order valence-electron chi connectivity index (χ4n) is 15.9. The van der Waals surface area contributed by atoms with Crippen molar-refractivity contribution in [3.05, 3.63) is 142 Å². The minimum Gasteiger partial charge on any atom is -0.298 e. The standard InChI is InChI=1S/C36H49FO.C34H45FO/c1-3-5-7-9-27-11-15-29(16-12-27)31-19-23-35(24-20-31)33(37)36(34(35)38)25-21-32(22-26-36)30-17-13-28(14-18-30)10-8-6-4-2;1-3-5-7-25-9-13-27(14-10-25)29-17-21-33(22-18-29)31(35)34(32(33)36)23-19-30(20-24-34)28-15-11-26(12-16-28)8-6-4-2/h11-18,31-33H,3-10,19-26H2,1-2H3;9-16,29-31H,3-8,17-24H2,1-2H3. The molecule has 4 aromatic rings. The Balaban J connectivity index is 0.000000182. The Labute approximate surface area is 447 Å². The van der Waals surface area contributed by atoms with Gasteiger partial charge in [-0.3, -0.25) is 9.59 Å². The number of ketones is 2. The van der Waals surface area contributed by atoms with Crippen molar-refractivity contribution < 1.29 is 18.4 Å². The Morgan fingerprint density at radius 3 is 0.716 bits per heavy atom. The summed E-state index contributed by atoms with van der Waals surface area (Å²) >= 11 is 0. The maximum atomic E-state index is 16.1. The summed E-state index contributed by atoms with van der Waals surface area (Å²) in [7, 11) is 0. The predicted molar refractivity (Wildman–Crippen MR) is 304 cm³/mol. The molecule has 0 unspecified atom stereocenters. The molecule has 6 saturated carbocycles. The number of aryl methyl sites for hydroxylation is 4. The highest BCUT2D eigenvalue weighted by atomic mass is 19.1. The molecule has 4 spiro atoms. The SMILES string of the molecule is CCCCCc1ccc(C2CCC3(CC2)C(=O)C2(CCC(c4ccc(CCCCC)cc4)CC2)C3F)cc1.CCCCc1ccc(C2CCC3(CC2)C(=O)C2(CCC(c4ccc(CCCC)cc4)CC2)C3F)cc1. The fourth-order valence-corrected chi connectivity index (χ4v) is 15.9. The largest absolute Gasteiger partial charge is 0.298 e. The summed E-state index contributed by atoms with van der Waals surface area (Å²) in [5.74, 6) is 2.47. The van der Waals surface area contributed by atoms with E-state index in [1.165, 1.54) is 109 Å². The highest BCUT2D eigenvalue weighted by molar-refractivity contribution is 5.99. The molecular formula is C70H94F2O2. The highest BCUT2D eigenvalue weighted by Crippen LogP contribution is 2.68. The first kappa shape index (κ1) is 54.9. The number of Topliss-reactive ketones (excluding diaryl/α,β-unsaturated/α-hetero) is 2. The minimum absolute atomic E-state index is 0.282. The molecule has 0 heterocycles. The lowest BCUT2D eigenvalue weighted by molar-refractivity contribution is -0.191. The van der Waals surface area contributed by atoms with Gasteiger partial charge in [-0.2, -0.15) is 0 Å². The Hall–Kier alpha value is -3.92. The lowest BCUT2D eigenvalue weighted by Crippen LogP contribution is -2.69. The van der Waals surface area contributed by atoms with Crippen molar-refractivity contribution in [3.63, 3.8) is 0 Å². The minimum atomic E-state index is -0.939. The second kappa shape index (κ2) is 24.6. The summed E-state index contributed by atoms with van der Waals surface area (Å²) in [6.07, 6.45) is 28.7. The third kappa shape index (κ3) is 11.1. The molecular weight excluding hydrogens is 911 g/mol. The molecule has 2 nitrogen and oxygen atoms in total. The number of halogens is 2. The van der Waals surface area contributed by atoms with Crippen molar-refractivity contribution in [1.29, 1.82) is 0 Å². The first-order valence-electron chi connectivity index (χ1n) is 30.8. The van der Waals surface area contributed by atoms with Crippen LogP contribution in [-0.4, -0.2) is 23.9 Å². The van der Waals surface area contributed by atoms with Gasteiger partial charge >= 0.3 is 0 Å². The Kier molecular flexibility index (Phi) is 18.2. The number of carbonyl (C=O) groups excluding carboxylic acids is 2. The van der Waals surface area contributed by atoms with E-state index < -0.39 is 34.0 Å². The van der Waals surface area contributed by atoms with Crippen molar-refractivity contribution in [1.82, 2.24) is 0 Å². The normalized spacial score (nSPS) is 31.5. The van der Waals surface area contributed by atoms with Gasteiger partial charge in [0.25, 0.3) is 0 Å². The van der Waals surface area contributed by atoms with Crippen LogP contribution in [-0.2, 0) is 35.3 Å². The number of alkyl halides is 2. The number of unbranched alkanes of at least 4 members (excludes halogenated alkanes) is 6. The molecule has 0 amide bonds. The van der Waals surface area contributed by atoms with E-state index in [4.69, 9.17) is 0 Å². The average Bonchev–Trinajstić information content (AvgIpc) is 3.47. The van der Waals surface area contributed by atoms with Gasteiger partial charge in [0.1, 0.15) is 12.3 Å². The average molecular weight is 1010 g/mol. The van der Waals surface area contributed by atoms with E-state index in [0.29, 0.717) is 23.7 Å². The number of rotatable bonds is 18. The van der Waals surface area contributed by atoms with Gasteiger partial charge < -0.3 is 0 Å². The summed E-state index contributed by atoms with van der Waals surface area (Å²) in [5, 5.41) is 0. The van der Waals surface area contributed by atoms with Gasteiger partial charge in [-0.15, -0.1) is 0 Å². The lowest BCUT2D eigenvalue weighted by atomic mass is 9.41. The Morgan fingerprint density at radius 2 is 0.527 bits per heavy atom. The quantitative estimate of drug-likeness (QED) is 0.0931. The van der Waals surface area contributed by atoms with Gasteiger partial charge in [0, 0.05) is 0 Å². The summed E-state index contributed by atoms with van der Waals surface area (Å²) in [6.45, 7) is 8.95. The van der Waals surface area contributed by atoms with Crippen LogP contribution < -0.4 is 0 Å². The van der Waals surface area contributed by atoms with Crippen LogP contribution in [0.2, 0.25) is 0 Å². The molecule has 0 radical (unpaired) electrons. The number of benzene rings is 4. The Bertz CT molecular complexity index is 2220. The van der Waals surface area contributed by atoms with Crippen molar-refractivity contribution in [3.8, 4) is 0 Å². The van der Waals surface area contributed by atoms with E-state index >= 15 is 8.78 Å². The monoisotopic (exact) mass is 1000 g/mol. The molecule has 6 aliphatic carbocycles. The zero-order valence-electron chi connectivity index (χ0n) is 46.5. The number of hydrogen-bond donors (Lipinski definition) is 0. The molecule has 400 valence electrons. The molecule has 0 saturated heterocycles. The molecule has 0 atom stereocenters. The van der Waals surface area contributed by atoms with Gasteiger partial charge in [-0.25, -0.2) is 8.78 Å². The molecule has 74 heavy (non-hydrogen) atoms. The molecule has 0 N–H and O–H groups in total. The van der Waals surface area contributed by atoms with E-state index in [1.54, 1.807) is 0 Å². The van der Waals surface area contributed by atoms with Crippen LogP contribution >= 0.6 is 0 Å². The Morgan fingerprint density at radius 1 is 0.324 bits per heavy atom. The van der Waals surface area contributed by atoms with E-state index in [9.17, 15) is 9.59 Å². The second-order valence-corrected chi connectivity index (χ2v) is 25.2. The maximum absolute atomic E-state index is 16.1. The zero-order chi connectivity index (χ0) is 51.8. The second-order valence-electron chi connectivity index (χ2n) is 25.2. The van der Waals surface area contributed by atoms with Gasteiger partial charge in [-0.05, 0) is 222 Å². The number of hydrogen-bond acceptors (Lipinski definition) is 2. The first-order valence-corrected chi connectivity index (χ1v) is 30.8. The van der Waals surface area contributed by atoms with E-state index in [1.807, 2.05) is 0 Å². The molecule has 0 aliphatic heterocycles. The van der Waals surface area contributed by atoms with Crippen molar-refractivity contribution in [2.24, 2.45) is 21.7 Å². The molecule has 0 aromatic heterocycles. The fraction of sp³-hybridized carbons (Fsp3) is 0.629. The molecule has 4 heteroatoms. The molecule has 6 aliphatic rings. The summed E-state index contributed by atoms with van der Waals surface area (Å²) in [5.41, 5.74) is 8.49. The van der Waals surface area contributed by atoms with Crippen LogP contribution in [0.5, 0.6) is 0 Å². The molecule has 4 aromatic carbocycles. The topological polar surface area (TPSA) is 34.1 Å². The first-order chi connectivity index (χ1) is 36.0.